The second kappa shape index (κ2) is 3.81. The molecule has 2 saturated carbocycles. The summed E-state index contributed by atoms with van der Waals surface area (Å²) in [5.41, 5.74) is 1.91. The van der Waals surface area contributed by atoms with Crippen molar-refractivity contribution >= 4 is 11.3 Å². The Kier molecular flexibility index (Phi) is 2.55. The van der Waals surface area contributed by atoms with Gasteiger partial charge in [-0.3, -0.25) is 0 Å². The maximum Gasteiger partial charge on any atom is 0.0898 e. The van der Waals surface area contributed by atoms with Crippen molar-refractivity contribution in [3.63, 3.8) is 0 Å². The summed E-state index contributed by atoms with van der Waals surface area (Å²) in [6.07, 6.45) is 5.86. The number of hydrogen-bond donors (Lipinski definition) is 1. The van der Waals surface area contributed by atoms with Gasteiger partial charge in [0.25, 0.3) is 0 Å². The Labute approximate surface area is 101 Å². The first-order valence-corrected chi connectivity index (χ1v) is 7.23. The molecule has 0 amide bonds. The molecule has 3 rings (SSSR count). The highest BCUT2D eigenvalue weighted by Gasteiger charge is 2.53. The maximum absolute atomic E-state index is 4.55. The molecule has 1 aromatic heterocycles. The fraction of sp³-hybridized carbons (Fsp3) is 0.769. The van der Waals surface area contributed by atoms with Crippen LogP contribution in [0.5, 0.6) is 0 Å². The van der Waals surface area contributed by atoms with Crippen LogP contribution in [0.1, 0.15) is 49.4 Å². The first kappa shape index (κ1) is 10.7. The van der Waals surface area contributed by atoms with E-state index in [4.69, 9.17) is 0 Å². The Morgan fingerprint density at radius 3 is 2.81 bits per heavy atom. The summed E-state index contributed by atoms with van der Waals surface area (Å²) in [7, 11) is 0. The van der Waals surface area contributed by atoms with Gasteiger partial charge in [0.15, 0.2) is 0 Å². The summed E-state index contributed by atoms with van der Waals surface area (Å²) < 4.78 is 0. The molecular weight excluding hydrogens is 216 g/mol. The average molecular weight is 236 g/mol. The molecule has 2 aliphatic carbocycles. The Balaban J connectivity index is 1.55. The second-order valence-corrected chi connectivity index (χ2v) is 6.59. The van der Waals surface area contributed by atoms with Crippen molar-refractivity contribution in [1.82, 2.24) is 10.3 Å². The lowest BCUT2D eigenvalue weighted by Crippen LogP contribution is -2.28. The summed E-state index contributed by atoms with van der Waals surface area (Å²) >= 11 is 1.75. The Hall–Kier alpha value is -0.410. The van der Waals surface area contributed by atoms with Crippen LogP contribution in [0.15, 0.2) is 5.38 Å². The number of thiazole rings is 1. The van der Waals surface area contributed by atoms with Gasteiger partial charge in [0.1, 0.15) is 0 Å². The van der Waals surface area contributed by atoms with Crippen LogP contribution in [0.3, 0.4) is 0 Å². The van der Waals surface area contributed by atoms with Crippen molar-refractivity contribution in [2.75, 3.05) is 6.54 Å². The van der Waals surface area contributed by atoms with Gasteiger partial charge in [0.05, 0.1) is 10.7 Å². The zero-order valence-electron chi connectivity index (χ0n) is 10.1. The van der Waals surface area contributed by atoms with Gasteiger partial charge >= 0.3 is 0 Å². The molecule has 2 nitrogen and oxygen atoms in total. The molecule has 3 heteroatoms. The van der Waals surface area contributed by atoms with Crippen molar-refractivity contribution in [2.45, 2.75) is 45.6 Å². The molecule has 88 valence electrons. The molecular formula is C13H20N2S. The quantitative estimate of drug-likeness (QED) is 0.848. The highest BCUT2D eigenvalue weighted by atomic mass is 32.1. The third-order valence-corrected chi connectivity index (χ3v) is 4.97. The topological polar surface area (TPSA) is 24.9 Å². The average Bonchev–Trinajstić information content (AvgIpc) is 3.14. The molecule has 0 spiro atoms. The molecule has 1 aromatic rings. The largest absolute Gasteiger partial charge is 0.308 e. The SMILES string of the molecule is Cc1nc(C(C)NCC2(C3CC3)CC2)cs1. The van der Waals surface area contributed by atoms with Crippen LogP contribution in [-0.2, 0) is 0 Å². The molecule has 0 aromatic carbocycles. The van der Waals surface area contributed by atoms with Crippen LogP contribution in [-0.4, -0.2) is 11.5 Å². The third-order valence-electron chi connectivity index (χ3n) is 4.18. The third kappa shape index (κ3) is 2.03. The molecule has 0 aliphatic heterocycles. The van der Waals surface area contributed by atoms with E-state index >= 15 is 0 Å². The predicted molar refractivity (Wildman–Crippen MR) is 67.7 cm³/mol. The smallest absolute Gasteiger partial charge is 0.0898 e. The fourth-order valence-corrected chi connectivity index (χ4v) is 3.33. The zero-order valence-corrected chi connectivity index (χ0v) is 10.9. The van der Waals surface area contributed by atoms with Gasteiger partial charge in [-0.05, 0) is 50.9 Å². The van der Waals surface area contributed by atoms with Crippen molar-refractivity contribution in [3.8, 4) is 0 Å². The van der Waals surface area contributed by atoms with Gasteiger partial charge in [-0.25, -0.2) is 4.98 Å². The second-order valence-electron chi connectivity index (χ2n) is 5.53. The first-order chi connectivity index (χ1) is 7.70. The molecule has 2 aliphatic rings. The van der Waals surface area contributed by atoms with Crippen molar-refractivity contribution in [2.24, 2.45) is 11.3 Å². The molecule has 1 unspecified atom stereocenters. The van der Waals surface area contributed by atoms with E-state index in [-0.39, 0.29) is 0 Å². The van der Waals surface area contributed by atoms with E-state index in [0.717, 1.165) is 5.92 Å². The van der Waals surface area contributed by atoms with E-state index in [2.05, 4.69) is 29.5 Å². The van der Waals surface area contributed by atoms with Crippen LogP contribution in [0, 0.1) is 18.3 Å². The Morgan fingerprint density at radius 2 is 2.31 bits per heavy atom. The van der Waals surface area contributed by atoms with Crippen LogP contribution in [0.2, 0.25) is 0 Å². The first-order valence-electron chi connectivity index (χ1n) is 6.35. The lowest BCUT2D eigenvalue weighted by molar-refractivity contribution is 0.380. The lowest BCUT2D eigenvalue weighted by Gasteiger charge is -2.18. The molecule has 1 atom stereocenters. The van der Waals surface area contributed by atoms with Gasteiger partial charge in [0, 0.05) is 18.0 Å². The van der Waals surface area contributed by atoms with Crippen molar-refractivity contribution < 1.29 is 0 Å². The van der Waals surface area contributed by atoms with Gasteiger partial charge < -0.3 is 5.32 Å². The van der Waals surface area contributed by atoms with Gasteiger partial charge in [0.2, 0.25) is 0 Å². The highest BCUT2D eigenvalue weighted by Crippen LogP contribution is 2.60. The molecule has 0 radical (unpaired) electrons. The standard InChI is InChI=1S/C13H20N2S/c1-9(12-7-16-10(2)15-12)14-8-13(5-6-13)11-3-4-11/h7,9,11,14H,3-6,8H2,1-2H3. The number of aromatic nitrogens is 1. The maximum atomic E-state index is 4.55. The number of nitrogens with one attached hydrogen (secondary N) is 1. The van der Waals surface area contributed by atoms with Crippen LogP contribution >= 0.6 is 11.3 Å². The molecule has 2 fully saturated rings. The molecule has 1 N–H and O–H groups in total. The minimum Gasteiger partial charge on any atom is -0.308 e. The predicted octanol–water partition coefficient (Wildman–Crippen LogP) is 3.29. The van der Waals surface area contributed by atoms with Crippen LogP contribution in [0.25, 0.3) is 0 Å². The number of hydrogen-bond acceptors (Lipinski definition) is 3. The van der Waals surface area contributed by atoms with Crippen LogP contribution in [0.4, 0.5) is 0 Å². The molecule has 1 heterocycles. The van der Waals surface area contributed by atoms with Crippen LogP contribution < -0.4 is 5.32 Å². The molecule has 0 saturated heterocycles. The summed E-state index contributed by atoms with van der Waals surface area (Å²) in [6, 6.07) is 0.418. The van der Waals surface area contributed by atoms with Gasteiger partial charge in [-0.15, -0.1) is 11.3 Å². The van der Waals surface area contributed by atoms with Crippen molar-refractivity contribution in [1.29, 1.82) is 0 Å². The van der Waals surface area contributed by atoms with Gasteiger partial charge in [-0.1, -0.05) is 0 Å². The van der Waals surface area contributed by atoms with E-state index in [1.54, 1.807) is 11.3 Å². The number of aryl methyl sites for hydroxylation is 1. The van der Waals surface area contributed by atoms with E-state index in [0.29, 0.717) is 11.5 Å². The number of rotatable bonds is 5. The minimum absolute atomic E-state index is 0.418. The van der Waals surface area contributed by atoms with E-state index < -0.39 is 0 Å². The Bertz CT molecular complexity index is 377. The molecule has 0 bridgehead atoms. The molecule has 16 heavy (non-hydrogen) atoms. The van der Waals surface area contributed by atoms with E-state index in [9.17, 15) is 0 Å². The number of nitrogens with zero attached hydrogens (tertiary/aromatic N) is 1. The summed E-state index contributed by atoms with van der Waals surface area (Å²) in [5.74, 6) is 1.05. The Morgan fingerprint density at radius 1 is 1.56 bits per heavy atom. The highest BCUT2D eigenvalue weighted by molar-refractivity contribution is 7.09. The normalized spacial score (nSPS) is 24.4. The monoisotopic (exact) mass is 236 g/mol. The summed E-state index contributed by atoms with van der Waals surface area (Å²) in [6.45, 7) is 5.51. The summed E-state index contributed by atoms with van der Waals surface area (Å²) in [4.78, 5) is 4.55. The minimum atomic E-state index is 0.418. The van der Waals surface area contributed by atoms with E-state index in [1.165, 1.54) is 42.9 Å². The van der Waals surface area contributed by atoms with Gasteiger partial charge in [-0.2, -0.15) is 0 Å². The zero-order chi connectivity index (χ0) is 11.2. The summed E-state index contributed by atoms with van der Waals surface area (Å²) in [5, 5.41) is 7.04. The lowest BCUT2D eigenvalue weighted by atomic mass is 10.0. The van der Waals surface area contributed by atoms with Crippen molar-refractivity contribution in [3.05, 3.63) is 16.1 Å². The van der Waals surface area contributed by atoms with E-state index in [1.807, 2.05) is 0 Å². The fourth-order valence-electron chi connectivity index (χ4n) is 2.63.